The summed E-state index contributed by atoms with van der Waals surface area (Å²) in [5.41, 5.74) is 2.14. The molecule has 0 radical (unpaired) electrons. The summed E-state index contributed by atoms with van der Waals surface area (Å²) < 4.78 is 13.1. The Balaban J connectivity index is 1.48. The largest absolute Gasteiger partial charge is 0.360 e. The van der Waals surface area contributed by atoms with Crippen LogP contribution in [-0.4, -0.2) is 43.2 Å². The van der Waals surface area contributed by atoms with E-state index >= 15 is 0 Å². The van der Waals surface area contributed by atoms with Gasteiger partial charge in [0.05, 0.1) is 38.1 Å². The molecule has 2 aromatic heterocycles. The van der Waals surface area contributed by atoms with Gasteiger partial charge in [-0.1, -0.05) is 23.5 Å². The average molecular weight is 370 g/mol. The Kier molecular flexibility index (Phi) is 4.81. The number of benzene rings is 1. The van der Waals surface area contributed by atoms with Crippen LogP contribution in [0.4, 0.5) is 21.0 Å². The van der Waals surface area contributed by atoms with Crippen molar-refractivity contribution in [1.82, 2.24) is 9.97 Å². The summed E-state index contributed by atoms with van der Waals surface area (Å²) in [4.78, 5) is 13.8. The first kappa shape index (κ1) is 16.9. The fourth-order valence-corrected chi connectivity index (χ4v) is 3.85. The van der Waals surface area contributed by atoms with Gasteiger partial charge in [0.2, 0.25) is 0 Å². The molecule has 0 amide bonds. The summed E-state index contributed by atoms with van der Waals surface area (Å²) in [5.74, 6) is 0.553. The van der Waals surface area contributed by atoms with Crippen LogP contribution in [0.2, 0.25) is 0 Å². The molecule has 0 atom stereocenters. The number of anilines is 3. The first-order valence-electron chi connectivity index (χ1n) is 8.68. The van der Waals surface area contributed by atoms with Crippen molar-refractivity contribution in [1.29, 1.82) is 0 Å². The van der Waals surface area contributed by atoms with Crippen LogP contribution in [0, 0.1) is 5.82 Å². The predicted molar refractivity (Wildman–Crippen MR) is 104 cm³/mol. The Morgan fingerprint density at radius 3 is 2.65 bits per heavy atom. The molecule has 4 rings (SSSR count). The quantitative estimate of drug-likeness (QED) is 0.740. The third-order valence-electron chi connectivity index (χ3n) is 4.60. The zero-order chi connectivity index (χ0) is 17.9. The standard InChI is InChI=1S/C19H20FN5S/c1-24-8-10-25(11-9-24)16-6-7-21-18(12-16)23-19-22-13-17(26-19)14-2-4-15(20)5-3-14/h2-7,12-13H,8-11H2,1H3,(H,21,22,23)/p+1. The van der Waals surface area contributed by atoms with Crippen LogP contribution >= 0.6 is 11.3 Å². The van der Waals surface area contributed by atoms with Crippen molar-refractivity contribution >= 4 is 28.0 Å². The molecule has 134 valence electrons. The predicted octanol–water partition coefficient (Wildman–Crippen LogP) is 2.42. The van der Waals surface area contributed by atoms with E-state index in [0.717, 1.165) is 47.6 Å². The minimum Gasteiger partial charge on any atom is -0.360 e. The number of nitrogens with zero attached hydrogens (tertiary/aromatic N) is 3. The second kappa shape index (κ2) is 7.39. The van der Waals surface area contributed by atoms with Crippen LogP contribution in [0.5, 0.6) is 0 Å². The fourth-order valence-electron chi connectivity index (χ4n) is 3.02. The number of quaternary nitrogens is 1. The van der Waals surface area contributed by atoms with E-state index in [2.05, 4.69) is 39.4 Å². The normalized spacial score (nSPS) is 15.2. The number of hydrogen-bond donors (Lipinski definition) is 2. The number of aromatic nitrogens is 2. The van der Waals surface area contributed by atoms with E-state index in [9.17, 15) is 4.39 Å². The molecule has 1 aliphatic rings. The Morgan fingerprint density at radius 1 is 1.12 bits per heavy atom. The van der Waals surface area contributed by atoms with Gasteiger partial charge in [-0.2, -0.15) is 0 Å². The number of hydrogen-bond acceptors (Lipinski definition) is 5. The molecule has 1 aromatic carbocycles. The molecule has 7 heteroatoms. The van der Waals surface area contributed by atoms with Crippen LogP contribution in [0.1, 0.15) is 0 Å². The van der Waals surface area contributed by atoms with Crippen molar-refractivity contribution in [3.63, 3.8) is 0 Å². The third-order valence-corrected chi connectivity index (χ3v) is 5.56. The maximum atomic E-state index is 13.1. The maximum absolute atomic E-state index is 13.1. The van der Waals surface area contributed by atoms with Crippen LogP contribution in [0.25, 0.3) is 10.4 Å². The number of halogens is 1. The Bertz CT molecular complexity index is 872. The summed E-state index contributed by atoms with van der Waals surface area (Å²) in [6.45, 7) is 4.42. The molecule has 0 aliphatic carbocycles. The van der Waals surface area contributed by atoms with Crippen molar-refractivity contribution in [2.45, 2.75) is 0 Å². The van der Waals surface area contributed by atoms with Crippen molar-refractivity contribution in [2.75, 3.05) is 43.4 Å². The Labute approximate surface area is 156 Å². The molecule has 3 heterocycles. The van der Waals surface area contributed by atoms with Gasteiger partial charge in [0, 0.05) is 24.1 Å². The fraction of sp³-hybridized carbons (Fsp3) is 0.263. The van der Waals surface area contributed by atoms with E-state index in [0.29, 0.717) is 0 Å². The minimum absolute atomic E-state index is 0.233. The first-order chi connectivity index (χ1) is 12.7. The lowest BCUT2D eigenvalue weighted by Gasteiger charge is -2.31. The summed E-state index contributed by atoms with van der Waals surface area (Å²) in [6, 6.07) is 10.6. The number of nitrogens with one attached hydrogen (secondary N) is 2. The molecule has 3 aromatic rings. The van der Waals surface area contributed by atoms with Gasteiger partial charge >= 0.3 is 0 Å². The van der Waals surface area contributed by atoms with Crippen molar-refractivity contribution in [3.05, 3.63) is 54.6 Å². The van der Waals surface area contributed by atoms with Crippen molar-refractivity contribution in [2.24, 2.45) is 0 Å². The Morgan fingerprint density at radius 2 is 1.88 bits per heavy atom. The second-order valence-corrected chi connectivity index (χ2v) is 7.54. The minimum atomic E-state index is -0.233. The second-order valence-electron chi connectivity index (χ2n) is 6.50. The highest BCUT2D eigenvalue weighted by Gasteiger charge is 2.17. The molecule has 5 nitrogen and oxygen atoms in total. The molecule has 1 fully saturated rings. The number of likely N-dealkylation sites (N-methyl/N-ethyl adjacent to an activating group) is 1. The van der Waals surface area contributed by atoms with Crippen LogP contribution in [-0.2, 0) is 0 Å². The molecule has 26 heavy (non-hydrogen) atoms. The summed E-state index contributed by atoms with van der Waals surface area (Å²) in [5, 5.41) is 4.06. The number of thiazole rings is 1. The summed E-state index contributed by atoms with van der Waals surface area (Å²) in [7, 11) is 2.23. The number of rotatable bonds is 4. The lowest BCUT2D eigenvalue weighted by atomic mass is 10.2. The van der Waals surface area contributed by atoms with E-state index < -0.39 is 0 Å². The van der Waals surface area contributed by atoms with Gasteiger partial charge in [0.1, 0.15) is 11.6 Å². The summed E-state index contributed by atoms with van der Waals surface area (Å²) in [6.07, 6.45) is 3.63. The van der Waals surface area contributed by atoms with Gasteiger partial charge < -0.3 is 15.1 Å². The van der Waals surface area contributed by atoms with Gasteiger partial charge in [-0.25, -0.2) is 14.4 Å². The van der Waals surface area contributed by atoms with Crippen molar-refractivity contribution in [3.8, 4) is 10.4 Å². The van der Waals surface area contributed by atoms with Crippen LogP contribution in [0.15, 0.2) is 48.8 Å². The van der Waals surface area contributed by atoms with E-state index in [1.807, 2.05) is 6.20 Å². The van der Waals surface area contributed by atoms with Gasteiger partial charge in [-0.3, -0.25) is 0 Å². The number of piperazine rings is 1. The van der Waals surface area contributed by atoms with E-state index in [-0.39, 0.29) is 5.82 Å². The lowest BCUT2D eigenvalue weighted by Crippen LogP contribution is -3.12. The molecule has 0 bridgehead atoms. The molecule has 0 unspecified atom stereocenters. The molecule has 0 spiro atoms. The van der Waals surface area contributed by atoms with Gasteiger partial charge in [0.15, 0.2) is 5.13 Å². The smallest absolute Gasteiger partial charge is 0.188 e. The average Bonchev–Trinajstić information content (AvgIpc) is 3.11. The summed E-state index contributed by atoms with van der Waals surface area (Å²) >= 11 is 1.53. The zero-order valence-corrected chi connectivity index (χ0v) is 15.4. The molecule has 1 saturated heterocycles. The van der Waals surface area contributed by atoms with E-state index in [1.54, 1.807) is 23.2 Å². The highest BCUT2D eigenvalue weighted by molar-refractivity contribution is 7.18. The van der Waals surface area contributed by atoms with Crippen LogP contribution in [0.3, 0.4) is 0 Å². The van der Waals surface area contributed by atoms with Gasteiger partial charge in [-0.15, -0.1) is 0 Å². The number of pyridine rings is 1. The monoisotopic (exact) mass is 370 g/mol. The van der Waals surface area contributed by atoms with Crippen molar-refractivity contribution < 1.29 is 9.29 Å². The zero-order valence-electron chi connectivity index (χ0n) is 14.6. The molecule has 1 aliphatic heterocycles. The van der Waals surface area contributed by atoms with E-state index in [1.165, 1.54) is 29.2 Å². The topological polar surface area (TPSA) is 45.5 Å². The molecular weight excluding hydrogens is 349 g/mol. The highest BCUT2D eigenvalue weighted by Crippen LogP contribution is 2.31. The molecule has 2 N–H and O–H groups in total. The Hall–Kier alpha value is -2.51. The highest BCUT2D eigenvalue weighted by atomic mass is 32.1. The van der Waals surface area contributed by atoms with Crippen LogP contribution < -0.4 is 15.1 Å². The van der Waals surface area contributed by atoms with Gasteiger partial charge in [-0.05, 0) is 23.8 Å². The van der Waals surface area contributed by atoms with Gasteiger partial charge in [0.25, 0.3) is 0 Å². The van der Waals surface area contributed by atoms with E-state index in [4.69, 9.17) is 0 Å². The SMILES string of the molecule is C[NH+]1CCN(c2ccnc(Nc3ncc(-c4ccc(F)cc4)s3)c2)CC1. The maximum Gasteiger partial charge on any atom is 0.188 e. The lowest BCUT2D eigenvalue weighted by molar-refractivity contribution is -0.880. The molecule has 0 saturated carbocycles. The molecular formula is C19H21FN5S+. The third kappa shape index (κ3) is 3.84. The first-order valence-corrected chi connectivity index (χ1v) is 9.50.